The first-order chi connectivity index (χ1) is 8.24. The maximum Gasteiger partial charge on any atom is 0.190 e. The lowest BCUT2D eigenvalue weighted by Gasteiger charge is -2.15. The number of hydrogen-bond donors (Lipinski definition) is 0. The van der Waals surface area contributed by atoms with Gasteiger partial charge in [0.1, 0.15) is 10.9 Å². The summed E-state index contributed by atoms with van der Waals surface area (Å²) in [6.07, 6.45) is 2.65. The van der Waals surface area contributed by atoms with Gasteiger partial charge in [-0.15, -0.1) is 0 Å². The Balaban J connectivity index is 2.24. The highest BCUT2D eigenvalue weighted by molar-refractivity contribution is 7.16. The molecule has 3 nitrogen and oxygen atoms in total. The van der Waals surface area contributed by atoms with Gasteiger partial charge in [0.25, 0.3) is 0 Å². The molecule has 0 saturated carbocycles. The quantitative estimate of drug-likeness (QED) is 0.830. The van der Waals surface area contributed by atoms with Crippen LogP contribution in [0.15, 0.2) is 30.5 Å². The standard InChI is InChI=1S/C13H13N3S/c1-3-10-4-6-11(7-5-10)16(2)13-15-9-12(8-14)17-13/h4-7,9H,3H2,1-2H3. The van der Waals surface area contributed by atoms with Crippen LogP contribution in [0.4, 0.5) is 10.8 Å². The molecule has 0 aliphatic rings. The minimum Gasteiger partial charge on any atom is -0.321 e. The number of thiazole rings is 1. The molecule has 17 heavy (non-hydrogen) atoms. The molecule has 0 radical (unpaired) electrons. The molecule has 0 fully saturated rings. The smallest absolute Gasteiger partial charge is 0.190 e. The fourth-order valence-electron chi connectivity index (χ4n) is 1.54. The minimum atomic E-state index is 0.636. The number of aryl methyl sites for hydroxylation is 1. The van der Waals surface area contributed by atoms with Crippen LogP contribution in [0.5, 0.6) is 0 Å². The topological polar surface area (TPSA) is 39.9 Å². The summed E-state index contributed by atoms with van der Waals surface area (Å²) < 4.78 is 0. The normalized spacial score (nSPS) is 9.94. The van der Waals surface area contributed by atoms with E-state index in [0.717, 1.165) is 17.2 Å². The van der Waals surface area contributed by atoms with Crippen molar-refractivity contribution in [1.29, 1.82) is 5.26 Å². The zero-order valence-electron chi connectivity index (χ0n) is 9.84. The van der Waals surface area contributed by atoms with Gasteiger partial charge in [0.05, 0.1) is 6.20 Å². The van der Waals surface area contributed by atoms with E-state index in [9.17, 15) is 0 Å². The van der Waals surface area contributed by atoms with Gasteiger partial charge in [-0.1, -0.05) is 30.4 Å². The fourth-order valence-corrected chi connectivity index (χ4v) is 2.23. The van der Waals surface area contributed by atoms with Crippen LogP contribution < -0.4 is 4.90 Å². The lowest BCUT2D eigenvalue weighted by Crippen LogP contribution is -2.08. The van der Waals surface area contributed by atoms with E-state index in [1.165, 1.54) is 16.9 Å². The molecule has 0 amide bonds. The maximum absolute atomic E-state index is 8.77. The van der Waals surface area contributed by atoms with E-state index in [1.54, 1.807) is 6.20 Å². The van der Waals surface area contributed by atoms with Crippen molar-refractivity contribution >= 4 is 22.2 Å². The predicted molar refractivity (Wildman–Crippen MR) is 70.7 cm³/mol. The van der Waals surface area contributed by atoms with Crippen LogP contribution in [-0.2, 0) is 6.42 Å². The molecular weight excluding hydrogens is 230 g/mol. The van der Waals surface area contributed by atoms with Crippen molar-refractivity contribution in [3.05, 3.63) is 40.9 Å². The van der Waals surface area contributed by atoms with Crippen molar-refractivity contribution in [3.63, 3.8) is 0 Å². The minimum absolute atomic E-state index is 0.636. The van der Waals surface area contributed by atoms with Crippen molar-refractivity contribution in [1.82, 2.24) is 4.98 Å². The summed E-state index contributed by atoms with van der Waals surface area (Å²) >= 11 is 1.40. The largest absolute Gasteiger partial charge is 0.321 e. The first-order valence-corrected chi connectivity index (χ1v) is 6.25. The van der Waals surface area contributed by atoms with Crippen LogP contribution in [0.2, 0.25) is 0 Å². The number of anilines is 2. The van der Waals surface area contributed by atoms with Crippen molar-refractivity contribution < 1.29 is 0 Å². The third-order valence-electron chi connectivity index (χ3n) is 2.62. The number of nitriles is 1. The molecule has 4 heteroatoms. The van der Waals surface area contributed by atoms with Gasteiger partial charge in [0, 0.05) is 12.7 Å². The van der Waals surface area contributed by atoms with E-state index >= 15 is 0 Å². The number of nitrogens with zero attached hydrogens (tertiary/aromatic N) is 3. The third-order valence-corrected chi connectivity index (χ3v) is 3.60. The van der Waals surface area contributed by atoms with Gasteiger partial charge >= 0.3 is 0 Å². The van der Waals surface area contributed by atoms with Crippen LogP contribution >= 0.6 is 11.3 Å². The monoisotopic (exact) mass is 243 g/mol. The molecule has 0 atom stereocenters. The summed E-state index contributed by atoms with van der Waals surface area (Å²) in [6, 6.07) is 10.5. The molecule has 0 bridgehead atoms. The molecule has 0 spiro atoms. The van der Waals surface area contributed by atoms with E-state index in [0.29, 0.717) is 4.88 Å². The van der Waals surface area contributed by atoms with Gasteiger partial charge in [0.15, 0.2) is 5.13 Å². The Hall–Kier alpha value is -1.86. The van der Waals surface area contributed by atoms with E-state index in [4.69, 9.17) is 5.26 Å². The van der Waals surface area contributed by atoms with Gasteiger partial charge in [-0.2, -0.15) is 5.26 Å². The van der Waals surface area contributed by atoms with Crippen LogP contribution in [0, 0.1) is 11.3 Å². The van der Waals surface area contributed by atoms with E-state index in [2.05, 4.69) is 42.2 Å². The SMILES string of the molecule is CCc1ccc(N(C)c2ncc(C#N)s2)cc1. The Morgan fingerprint density at radius 3 is 2.59 bits per heavy atom. The lowest BCUT2D eigenvalue weighted by atomic mass is 10.1. The first kappa shape index (κ1) is 11.6. The molecule has 1 aromatic heterocycles. The molecule has 0 saturated heterocycles. The molecule has 2 rings (SSSR count). The lowest BCUT2D eigenvalue weighted by molar-refractivity contribution is 1.12. The number of aromatic nitrogens is 1. The highest BCUT2D eigenvalue weighted by Gasteiger charge is 2.08. The number of hydrogen-bond acceptors (Lipinski definition) is 4. The Labute approximate surface area is 105 Å². The van der Waals surface area contributed by atoms with Crippen molar-refractivity contribution in [3.8, 4) is 6.07 Å². The average Bonchev–Trinajstić information content (AvgIpc) is 2.87. The molecule has 1 heterocycles. The zero-order chi connectivity index (χ0) is 12.3. The van der Waals surface area contributed by atoms with Crippen LogP contribution in [-0.4, -0.2) is 12.0 Å². The summed E-state index contributed by atoms with van der Waals surface area (Å²) in [5.41, 5.74) is 2.40. The average molecular weight is 243 g/mol. The van der Waals surface area contributed by atoms with Crippen molar-refractivity contribution in [2.45, 2.75) is 13.3 Å². The summed E-state index contributed by atoms with van der Waals surface area (Å²) in [4.78, 5) is 6.86. The summed E-state index contributed by atoms with van der Waals surface area (Å²) in [5, 5.41) is 9.61. The second kappa shape index (κ2) is 4.98. The molecule has 0 N–H and O–H groups in total. The van der Waals surface area contributed by atoms with Gasteiger partial charge in [-0.3, -0.25) is 0 Å². The Morgan fingerprint density at radius 2 is 2.06 bits per heavy atom. The molecule has 1 aromatic carbocycles. The number of rotatable bonds is 3. The highest BCUT2D eigenvalue weighted by Crippen LogP contribution is 2.27. The van der Waals surface area contributed by atoms with Crippen molar-refractivity contribution in [2.75, 3.05) is 11.9 Å². The maximum atomic E-state index is 8.77. The first-order valence-electron chi connectivity index (χ1n) is 5.43. The Morgan fingerprint density at radius 1 is 1.35 bits per heavy atom. The van der Waals surface area contributed by atoms with Gasteiger partial charge in [0.2, 0.25) is 0 Å². The van der Waals surface area contributed by atoms with Gasteiger partial charge in [-0.05, 0) is 24.1 Å². The summed E-state index contributed by atoms with van der Waals surface area (Å²) in [7, 11) is 1.96. The van der Waals surface area contributed by atoms with Crippen LogP contribution in [0.3, 0.4) is 0 Å². The molecule has 0 aliphatic carbocycles. The van der Waals surface area contributed by atoms with Crippen molar-refractivity contribution in [2.24, 2.45) is 0 Å². The molecule has 2 aromatic rings. The predicted octanol–water partition coefficient (Wildman–Crippen LogP) is 3.35. The van der Waals surface area contributed by atoms with E-state index < -0.39 is 0 Å². The highest BCUT2D eigenvalue weighted by atomic mass is 32.1. The number of benzene rings is 1. The zero-order valence-corrected chi connectivity index (χ0v) is 10.7. The third kappa shape index (κ3) is 2.45. The van der Waals surface area contributed by atoms with E-state index in [1.807, 2.05) is 11.9 Å². The molecule has 0 aliphatic heterocycles. The van der Waals surface area contributed by atoms with E-state index in [-0.39, 0.29) is 0 Å². The molecule has 0 unspecified atom stereocenters. The van der Waals surface area contributed by atoms with Crippen LogP contribution in [0.25, 0.3) is 0 Å². The molecular formula is C13H13N3S. The Bertz CT molecular complexity index is 537. The van der Waals surface area contributed by atoms with Gasteiger partial charge in [-0.25, -0.2) is 4.98 Å². The Kier molecular flexibility index (Phi) is 3.40. The second-order valence-corrected chi connectivity index (χ2v) is 4.71. The fraction of sp³-hybridized carbons (Fsp3) is 0.231. The summed E-state index contributed by atoms with van der Waals surface area (Å²) in [5.74, 6) is 0. The van der Waals surface area contributed by atoms with Gasteiger partial charge < -0.3 is 4.90 Å². The second-order valence-electron chi connectivity index (χ2n) is 3.70. The molecule has 86 valence electrons. The van der Waals surface area contributed by atoms with Crippen LogP contribution in [0.1, 0.15) is 17.4 Å². The summed E-state index contributed by atoms with van der Waals surface area (Å²) in [6.45, 7) is 2.14.